The summed E-state index contributed by atoms with van der Waals surface area (Å²) in [5.74, 6) is -0.305. The third-order valence-corrected chi connectivity index (χ3v) is 5.21. The normalized spacial score (nSPS) is 17.7. The topological polar surface area (TPSA) is 51.3 Å². The Balaban J connectivity index is 1.64. The number of hydrogen-bond donors (Lipinski definition) is 0. The van der Waals surface area contributed by atoms with E-state index in [1.165, 1.54) is 12.1 Å². The van der Waals surface area contributed by atoms with Crippen molar-refractivity contribution in [3.05, 3.63) is 65.9 Å². The zero-order valence-corrected chi connectivity index (χ0v) is 15.3. The lowest BCUT2D eigenvalue weighted by molar-refractivity contribution is 0.0664. The minimum Gasteiger partial charge on any atom is -0.355 e. The van der Waals surface area contributed by atoms with E-state index >= 15 is 0 Å². The van der Waals surface area contributed by atoms with Crippen molar-refractivity contribution in [2.75, 3.05) is 6.54 Å². The van der Waals surface area contributed by atoms with Gasteiger partial charge in [-0.05, 0) is 37.1 Å². The first-order valence-corrected chi connectivity index (χ1v) is 9.29. The lowest BCUT2D eigenvalue weighted by atomic mass is 10.1. The van der Waals surface area contributed by atoms with E-state index in [0.29, 0.717) is 12.1 Å². The maximum atomic E-state index is 14.0. The fourth-order valence-electron chi connectivity index (χ4n) is 3.79. The molecule has 0 bridgehead atoms. The molecule has 0 spiro atoms. The fraction of sp³-hybridized carbons (Fsp3) is 0.333. The molecular formula is C21H22FN3O2. The second kappa shape index (κ2) is 7.39. The number of carbonyl (C=O) groups is 1. The van der Waals surface area contributed by atoms with Crippen molar-refractivity contribution in [3.8, 4) is 11.3 Å². The zero-order valence-electron chi connectivity index (χ0n) is 15.3. The van der Waals surface area contributed by atoms with Gasteiger partial charge in [0.25, 0.3) is 5.91 Å². The summed E-state index contributed by atoms with van der Waals surface area (Å²) in [4.78, 5) is 15.1. The maximum absolute atomic E-state index is 14.0. The second-order valence-electron chi connectivity index (χ2n) is 6.96. The number of aryl methyl sites for hydroxylation is 1. The largest absolute Gasteiger partial charge is 0.355 e. The van der Waals surface area contributed by atoms with Gasteiger partial charge in [-0.1, -0.05) is 30.1 Å². The number of amides is 1. The predicted octanol–water partition coefficient (Wildman–Crippen LogP) is 4.58. The third kappa shape index (κ3) is 3.39. The second-order valence-corrected chi connectivity index (χ2v) is 6.96. The summed E-state index contributed by atoms with van der Waals surface area (Å²) < 4.78 is 21.3. The lowest BCUT2D eigenvalue weighted by Gasteiger charge is -2.30. The molecule has 0 unspecified atom stereocenters. The Morgan fingerprint density at radius 3 is 2.81 bits per heavy atom. The van der Waals surface area contributed by atoms with E-state index in [-0.39, 0.29) is 23.4 Å². The summed E-state index contributed by atoms with van der Waals surface area (Å²) in [5.41, 5.74) is 1.64. The first-order chi connectivity index (χ1) is 13.1. The number of aromatic nitrogens is 2. The number of rotatable bonds is 3. The standard InChI is InChI=1S/C21H22FN3O2/c1-24-12-7-11-18(24)19-10-3-2-6-13-25(19)21(26)17-14-20(27-23-17)15-8-4-5-9-16(15)22/h4-5,7-9,11-12,14,19H,2-3,6,10,13H2,1H3/t19-/m1/s1. The molecule has 1 atom stereocenters. The minimum atomic E-state index is -0.399. The molecule has 0 aliphatic carbocycles. The van der Waals surface area contributed by atoms with Crippen LogP contribution in [0.1, 0.15) is 47.9 Å². The molecule has 3 aromatic rings. The number of nitrogens with zero attached hydrogens (tertiary/aromatic N) is 3. The molecule has 6 heteroatoms. The van der Waals surface area contributed by atoms with Crippen LogP contribution in [0.4, 0.5) is 4.39 Å². The summed E-state index contributed by atoms with van der Waals surface area (Å²) in [7, 11) is 2.00. The van der Waals surface area contributed by atoms with E-state index in [2.05, 4.69) is 15.8 Å². The molecule has 1 saturated heterocycles. The molecule has 27 heavy (non-hydrogen) atoms. The van der Waals surface area contributed by atoms with Crippen molar-refractivity contribution in [2.24, 2.45) is 7.05 Å². The molecule has 1 aliphatic rings. The molecule has 0 N–H and O–H groups in total. The van der Waals surface area contributed by atoms with Crippen molar-refractivity contribution in [1.29, 1.82) is 0 Å². The Hall–Kier alpha value is -2.89. The van der Waals surface area contributed by atoms with Gasteiger partial charge in [-0.15, -0.1) is 0 Å². The van der Waals surface area contributed by atoms with Gasteiger partial charge < -0.3 is 14.0 Å². The Morgan fingerprint density at radius 2 is 2.04 bits per heavy atom. The van der Waals surface area contributed by atoms with Crippen LogP contribution in [0.25, 0.3) is 11.3 Å². The first-order valence-electron chi connectivity index (χ1n) is 9.29. The van der Waals surface area contributed by atoms with Gasteiger partial charge in [0.05, 0.1) is 11.6 Å². The molecule has 0 radical (unpaired) electrons. The van der Waals surface area contributed by atoms with Crippen molar-refractivity contribution in [1.82, 2.24) is 14.6 Å². The minimum absolute atomic E-state index is 0.00797. The van der Waals surface area contributed by atoms with E-state index < -0.39 is 5.82 Å². The molecule has 2 aromatic heterocycles. The van der Waals surface area contributed by atoms with Gasteiger partial charge in [0, 0.05) is 31.5 Å². The van der Waals surface area contributed by atoms with Crippen molar-refractivity contribution in [2.45, 2.75) is 31.7 Å². The summed E-state index contributed by atoms with van der Waals surface area (Å²) in [6.07, 6.45) is 6.06. The van der Waals surface area contributed by atoms with Gasteiger partial charge in [-0.2, -0.15) is 0 Å². The van der Waals surface area contributed by atoms with E-state index in [1.54, 1.807) is 18.2 Å². The molecule has 0 saturated carbocycles. The van der Waals surface area contributed by atoms with E-state index in [4.69, 9.17) is 4.52 Å². The molecule has 1 amide bonds. The Morgan fingerprint density at radius 1 is 1.19 bits per heavy atom. The van der Waals surface area contributed by atoms with Crippen LogP contribution >= 0.6 is 0 Å². The monoisotopic (exact) mass is 367 g/mol. The number of likely N-dealkylation sites (tertiary alicyclic amines) is 1. The predicted molar refractivity (Wildman–Crippen MR) is 99.6 cm³/mol. The van der Waals surface area contributed by atoms with Crippen LogP contribution in [-0.2, 0) is 7.05 Å². The van der Waals surface area contributed by atoms with Gasteiger partial charge >= 0.3 is 0 Å². The average Bonchev–Trinajstić information content (AvgIpc) is 3.25. The lowest BCUT2D eigenvalue weighted by Crippen LogP contribution is -2.35. The van der Waals surface area contributed by atoms with Crippen molar-refractivity contribution >= 4 is 5.91 Å². The first kappa shape index (κ1) is 17.5. The van der Waals surface area contributed by atoms with E-state index in [0.717, 1.165) is 31.4 Å². The van der Waals surface area contributed by atoms with Crippen molar-refractivity contribution in [3.63, 3.8) is 0 Å². The van der Waals surface area contributed by atoms with Crippen LogP contribution < -0.4 is 0 Å². The van der Waals surface area contributed by atoms with Crippen LogP contribution in [-0.4, -0.2) is 27.1 Å². The number of hydrogen-bond acceptors (Lipinski definition) is 3. The summed E-state index contributed by atoms with van der Waals surface area (Å²) in [6.45, 7) is 0.677. The molecule has 3 heterocycles. The zero-order chi connectivity index (χ0) is 18.8. The summed E-state index contributed by atoms with van der Waals surface area (Å²) in [6, 6.07) is 11.9. The molecular weight excluding hydrogens is 345 g/mol. The Kier molecular flexibility index (Phi) is 4.79. The highest BCUT2D eigenvalue weighted by Gasteiger charge is 2.30. The van der Waals surface area contributed by atoms with Crippen LogP contribution in [0.2, 0.25) is 0 Å². The quantitative estimate of drug-likeness (QED) is 0.681. The van der Waals surface area contributed by atoms with Gasteiger partial charge in [0.2, 0.25) is 0 Å². The maximum Gasteiger partial charge on any atom is 0.276 e. The summed E-state index contributed by atoms with van der Waals surface area (Å²) >= 11 is 0. The van der Waals surface area contributed by atoms with Crippen LogP contribution in [0.5, 0.6) is 0 Å². The highest BCUT2D eigenvalue weighted by Crippen LogP contribution is 2.32. The highest BCUT2D eigenvalue weighted by atomic mass is 19.1. The van der Waals surface area contributed by atoms with Crippen molar-refractivity contribution < 1.29 is 13.7 Å². The van der Waals surface area contributed by atoms with Gasteiger partial charge in [0.1, 0.15) is 5.82 Å². The van der Waals surface area contributed by atoms with Gasteiger partial charge in [-0.25, -0.2) is 4.39 Å². The van der Waals surface area contributed by atoms with Crippen LogP contribution in [0.3, 0.4) is 0 Å². The fourth-order valence-corrected chi connectivity index (χ4v) is 3.79. The Bertz CT molecular complexity index is 946. The SMILES string of the molecule is Cn1cccc1[C@H]1CCCCCN1C(=O)c1cc(-c2ccccc2F)on1. The van der Waals surface area contributed by atoms with Gasteiger partial charge in [0.15, 0.2) is 11.5 Å². The molecule has 5 nitrogen and oxygen atoms in total. The number of halogens is 1. The number of carbonyl (C=O) groups excluding carboxylic acids is 1. The molecule has 140 valence electrons. The van der Waals surface area contributed by atoms with Crippen LogP contribution in [0, 0.1) is 5.82 Å². The smallest absolute Gasteiger partial charge is 0.276 e. The molecule has 1 aromatic carbocycles. The molecule has 1 aliphatic heterocycles. The summed E-state index contributed by atoms with van der Waals surface area (Å²) in [5, 5.41) is 3.94. The van der Waals surface area contributed by atoms with E-state index in [9.17, 15) is 9.18 Å². The molecule has 1 fully saturated rings. The highest BCUT2D eigenvalue weighted by molar-refractivity contribution is 5.93. The van der Waals surface area contributed by atoms with Crippen LogP contribution in [0.15, 0.2) is 53.2 Å². The third-order valence-electron chi connectivity index (χ3n) is 5.21. The average molecular weight is 367 g/mol. The molecule has 4 rings (SSSR count). The Labute approximate surface area is 157 Å². The van der Waals surface area contributed by atoms with Gasteiger partial charge in [-0.3, -0.25) is 4.79 Å². The van der Waals surface area contributed by atoms with E-state index in [1.807, 2.05) is 24.2 Å². The number of benzene rings is 1.